The number of rotatable bonds is 7. The summed E-state index contributed by atoms with van der Waals surface area (Å²) in [5.41, 5.74) is 5.19. The van der Waals surface area contributed by atoms with Gasteiger partial charge in [-0.1, -0.05) is 65.4 Å². The van der Waals surface area contributed by atoms with E-state index in [1.165, 1.54) is 37.0 Å². The summed E-state index contributed by atoms with van der Waals surface area (Å²) in [6.45, 7) is 5.02. The van der Waals surface area contributed by atoms with E-state index < -0.39 is 18.0 Å². The zero-order chi connectivity index (χ0) is 32.5. The van der Waals surface area contributed by atoms with Crippen LogP contribution in [-0.2, 0) is 14.3 Å². The molecule has 6 rings (SSSR count). The van der Waals surface area contributed by atoms with E-state index in [0.29, 0.717) is 26.3 Å². The molecule has 3 heterocycles. The fraction of sp³-hybridized carbons (Fsp3) is 0.171. The molecule has 11 heteroatoms. The van der Waals surface area contributed by atoms with E-state index in [0.717, 1.165) is 22.4 Å². The average Bonchev–Trinajstić information content (AvgIpc) is 3.61. The van der Waals surface area contributed by atoms with Crippen LogP contribution in [0, 0.1) is 6.92 Å². The van der Waals surface area contributed by atoms with Gasteiger partial charge in [0.15, 0.2) is 16.3 Å². The lowest BCUT2D eigenvalue weighted by atomic mass is 9.95. The summed E-state index contributed by atoms with van der Waals surface area (Å²) in [5, 5.41) is 4.90. The third-order valence-corrected chi connectivity index (χ3v) is 8.54. The van der Waals surface area contributed by atoms with Gasteiger partial charge in [0, 0.05) is 24.2 Å². The molecule has 0 aliphatic carbocycles. The Morgan fingerprint density at radius 1 is 0.957 bits per heavy atom. The Labute approximate surface area is 268 Å². The van der Waals surface area contributed by atoms with Crippen LogP contribution in [-0.4, -0.2) is 40.5 Å². The van der Waals surface area contributed by atoms with E-state index in [9.17, 15) is 14.4 Å². The van der Waals surface area contributed by atoms with Crippen molar-refractivity contribution in [2.45, 2.75) is 26.8 Å². The third kappa shape index (κ3) is 5.68. The number of hydrogen-bond acceptors (Lipinski definition) is 9. The largest absolute Gasteiger partial charge is 0.493 e. The molecule has 232 valence electrons. The van der Waals surface area contributed by atoms with E-state index in [1.54, 1.807) is 29.8 Å². The third-order valence-electron chi connectivity index (χ3n) is 7.56. The predicted octanol–water partition coefficient (Wildman–Crippen LogP) is 4.50. The predicted molar refractivity (Wildman–Crippen MR) is 174 cm³/mol. The quantitative estimate of drug-likeness (QED) is 0.191. The van der Waals surface area contributed by atoms with Crippen molar-refractivity contribution in [1.82, 2.24) is 14.3 Å². The van der Waals surface area contributed by atoms with E-state index in [1.807, 2.05) is 73.8 Å². The standard InChI is InChI=1S/C35H30N4O6S/c1-20-11-13-23(14-12-20)31-25(19-38(37-31)26-9-7-6-8-10-26)18-29-33(41)39-32(30(34(42)44-5)21(2)36-35(39)46-29)24-15-16-27(45-22(3)40)28(17-24)43-4/h6-19,32H,1-5H3/b29-18-/t32-/m0/s1. The molecule has 0 bridgehead atoms. The van der Waals surface area contributed by atoms with Crippen molar-refractivity contribution < 1.29 is 23.8 Å². The van der Waals surface area contributed by atoms with E-state index in [2.05, 4.69) is 4.99 Å². The minimum Gasteiger partial charge on any atom is -0.493 e. The number of aromatic nitrogens is 3. The number of methoxy groups -OCH3 is 2. The highest BCUT2D eigenvalue weighted by Gasteiger charge is 2.34. The van der Waals surface area contributed by atoms with Gasteiger partial charge in [0.1, 0.15) is 0 Å². The van der Waals surface area contributed by atoms with Gasteiger partial charge in [0.05, 0.1) is 47.4 Å². The molecule has 10 nitrogen and oxygen atoms in total. The smallest absolute Gasteiger partial charge is 0.338 e. The molecule has 0 radical (unpaired) electrons. The van der Waals surface area contributed by atoms with Gasteiger partial charge < -0.3 is 14.2 Å². The molecule has 1 aliphatic rings. The second-order valence-electron chi connectivity index (χ2n) is 10.7. The summed E-state index contributed by atoms with van der Waals surface area (Å²) in [5.74, 6) is -0.643. The monoisotopic (exact) mass is 634 g/mol. The SMILES string of the molecule is COC(=O)C1=C(C)N=c2s/c(=C\c3cn(-c4ccccc4)nc3-c3ccc(C)cc3)c(=O)n2[C@H]1c1ccc(OC(C)=O)c(OC)c1. The molecule has 1 atom stereocenters. The molecule has 0 saturated heterocycles. The first kappa shape index (κ1) is 30.5. The molecule has 1 aliphatic heterocycles. The number of carbonyl (C=O) groups excluding carboxylic acids is 2. The van der Waals surface area contributed by atoms with Crippen molar-refractivity contribution in [3.63, 3.8) is 0 Å². The van der Waals surface area contributed by atoms with Crippen LogP contribution >= 0.6 is 11.3 Å². The van der Waals surface area contributed by atoms with E-state index in [4.69, 9.17) is 19.3 Å². The van der Waals surface area contributed by atoms with Gasteiger partial charge in [-0.2, -0.15) is 5.10 Å². The van der Waals surface area contributed by atoms with Gasteiger partial charge in [0.2, 0.25) is 0 Å². The topological polar surface area (TPSA) is 114 Å². The molecule has 5 aromatic rings. The minimum atomic E-state index is -0.880. The Hall–Kier alpha value is -5.55. The maximum atomic E-state index is 14.3. The minimum absolute atomic E-state index is 0.209. The summed E-state index contributed by atoms with van der Waals surface area (Å²) >= 11 is 1.22. The number of para-hydroxylation sites is 1. The van der Waals surface area contributed by atoms with E-state index in [-0.39, 0.29) is 22.6 Å². The lowest BCUT2D eigenvalue weighted by molar-refractivity contribution is -0.136. The molecule has 46 heavy (non-hydrogen) atoms. The molecule has 0 saturated carbocycles. The van der Waals surface area contributed by atoms with Gasteiger partial charge >= 0.3 is 11.9 Å². The van der Waals surface area contributed by atoms with Crippen LogP contribution in [0.3, 0.4) is 0 Å². The molecule has 0 fully saturated rings. The first-order chi connectivity index (χ1) is 22.2. The summed E-state index contributed by atoms with van der Waals surface area (Å²) in [4.78, 5) is 44.1. The normalized spacial score (nSPS) is 14.5. The van der Waals surface area contributed by atoms with Crippen LogP contribution in [0.25, 0.3) is 23.0 Å². The molecule has 3 aromatic carbocycles. The van der Waals surface area contributed by atoms with Crippen LogP contribution < -0.4 is 24.4 Å². The molecule has 2 aromatic heterocycles. The number of ether oxygens (including phenoxy) is 3. The Balaban J connectivity index is 1.56. The maximum absolute atomic E-state index is 14.3. The second-order valence-corrected chi connectivity index (χ2v) is 11.7. The number of thiazole rings is 1. The van der Waals surface area contributed by atoms with Crippen LogP contribution in [0.4, 0.5) is 0 Å². The number of benzene rings is 3. The van der Waals surface area contributed by atoms with Crippen molar-refractivity contribution in [3.8, 4) is 28.4 Å². The van der Waals surface area contributed by atoms with Crippen LogP contribution in [0.2, 0.25) is 0 Å². The number of esters is 2. The zero-order valence-corrected chi connectivity index (χ0v) is 26.6. The Morgan fingerprint density at radius 3 is 2.37 bits per heavy atom. The summed E-state index contributed by atoms with van der Waals surface area (Å²) in [7, 11) is 2.73. The summed E-state index contributed by atoms with van der Waals surface area (Å²) in [6.07, 6.45) is 3.70. The van der Waals surface area contributed by atoms with Gasteiger partial charge in [-0.25, -0.2) is 14.5 Å². The highest BCUT2D eigenvalue weighted by atomic mass is 32.1. The van der Waals surface area contributed by atoms with Crippen molar-refractivity contribution in [2.75, 3.05) is 14.2 Å². The van der Waals surface area contributed by atoms with Crippen LogP contribution in [0.15, 0.2) is 100 Å². The Bertz CT molecular complexity index is 2190. The fourth-order valence-electron chi connectivity index (χ4n) is 5.38. The summed E-state index contributed by atoms with van der Waals surface area (Å²) in [6, 6.07) is 21.8. The Morgan fingerprint density at radius 2 is 1.70 bits per heavy atom. The van der Waals surface area contributed by atoms with Gasteiger partial charge in [-0.15, -0.1) is 0 Å². The molecular formula is C35H30N4O6S. The van der Waals surface area contributed by atoms with Crippen molar-refractivity contribution in [1.29, 1.82) is 0 Å². The van der Waals surface area contributed by atoms with Gasteiger partial charge in [-0.05, 0) is 49.8 Å². The van der Waals surface area contributed by atoms with E-state index >= 15 is 0 Å². The lowest BCUT2D eigenvalue weighted by Crippen LogP contribution is -2.39. The molecule has 0 spiro atoms. The molecule has 0 unspecified atom stereocenters. The van der Waals surface area contributed by atoms with Crippen molar-refractivity contribution >= 4 is 29.4 Å². The summed E-state index contributed by atoms with van der Waals surface area (Å²) < 4.78 is 19.6. The lowest BCUT2D eigenvalue weighted by Gasteiger charge is -2.25. The Kier molecular flexibility index (Phi) is 8.25. The number of nitrogens with zero attached hydrogens (tertiary/aromatic N) is 4. The highest BCUT2D eigenvalue weighted by molar-refractivity contribution is 7.07. The van der Waals surface area contributed by atoms with Crippen molar-refractivity contribution in [2.24, 2.45) is 4.99 Å². The number of aryl methyl sites for hydroxylation is 1. The second kappa shape index (κ2) is 12.4. The first-order valence-corrected chi connectivity index (χ1v) is 15.2. The first-order valence-electron chi connectivity index (χ1n) is 14.4. The number of allylic oxidation sites excluding steroid dienone is 1. The molecular weight excluding hydrogens is 604 g/mol. The molecule has 0 N–H and O–H groups in total. The number of carbonyl (C=O) groups is 2. The zero-order valence-electron chi connectivity index (χ0n) is 25.8. The average molecular weight is 635 g/mol. The number of fused-ring (bicyclic) bond motifs is 1. The van der Waals surface area contributed by atoms with Crippen LogP contribution in [0.5, 0.6) is 11.5 Å². The number of hydrogen-bond donors (Lipinski definition) is 0. The van der Waals surface area contributed by atoms with Gasteiger partial charge in [-0.3, -0.25) is 14.2 Å². The fourth-order valence-corrected chi connectivity index (χ4v) is 6.42. The van der Waals surface area contributed by atoms with Crippen LogP contribution in [0.1, 0.15) is 36.6 Å². The van der Waals surface area contributed by atoms with Gasteiger partial charge in [0.25, 0.3) is 5.56 Å². The highest BCUT2D eigenvalue weighted by Crippen LogP contribution is 2.36. The molecule has 0 amide bonds. The maximum Gasteiger partial charge on any atom is 0.338 e. The van der Waals surface area contributed by atoms with Crippen molar-refractivity contribution in [3.05, 3.63) is 127 Å².